The number of hydrogen-bond acceptors (Lipinski definition) is 6. The Labute approximate surface area is 171 Å². The van der Waals surface area contributed by atoms with Crippen LogP contribution in [0, 0.1) is 23.7 Å². The lowest BCUT2D eigenvalue weighted by Crippen LogP contribution is -2.35. The van der Waals surface area contributed by atoms with E-state index in [9.17, 15) is 14.7 Å². The Bertz CT molecular complexity index is 486. The molecule has 0 amide bonds. The molecule has 166 valence electrons. The van der Waals surface area contributed by atoms with Crippen molar-refractivity contribution in [2.45, 2.75) is 86.5 Å². The van der Waals surface area contributed by atoms with Gasteiger partial charge in [-0.05, 0) is 53.4 Å². The van der Waals surface area contributed by atoms with E-state index in [1.807, 2.05) is 34.6 Å². The van der Waals surface area contributed by atoms with Crippen molar-refractivity contribution in [1.82, 2.24) is 0 Å². The van der Waals surface area contributed by atoms with E-state index >= 15 is 0 Å². The van der Waals surface area contributed by atoms with Crippen molar-refractivity contribution in [1.29, 1.82) is 0 Å². The smallest absolute Gasteiger partial charge is 0.309 e. The maximum atomic E-state index is 11.6. The van der Waals surface area contributed by atoms with Crippen molar-refractivity contribution in [2.75, 3.05) is 6.61 Å². The van der Waals surface area contributed by atoms with Gasteiger partial charge in [-0.25, -0.2) is 0 Å². The summed E-state index contributed by atoms with van der Waals surface area (Å²) in [4.78, 5) is 23.1. The van der Waals surface area contributed by atoms with Gasteiger partial charge in [0, 0.05) is 0 Å². The number of esters is 2. The quantitative estimate of drug-likeness (QED) is 0.498. The van der Waals surface area contributed by atoms with Crippen LogP contribution in [0.15, 0.2) is 12.7 Å². The standard InChI is InChI=1S/C11H22O4.C11H20O2/c1-7(9(13)6-12)8(2)10(14)15-11(3,4)5;1-7-8(2)9(3)10(12)13-11(4,5)6/h7-9,12-13H,6H2,1-5H3;7-9H,1H2,2-6H3/t7-,8+,9+;8-,9-/m10/s1. The highest BCUT2D eigenvalue weighted by molar-refractivity contribution is 5.73. The molecule has 0 aromatic rings. The molecule has 2 N–H and O–H groups in total. The summed E-state index contributed by atoms with van der Waals surface area (Å²) in [6, 6.07) is 0. The number of ether oxygens (including phenoxy) is 2. The average Bonchev–Trinajstić information content (AvgIpc) is 2.55. The van der Waals surface area contributed by atoms with E-state index in [0.29, 0.717) is 0 Å². The molecule has 0 unspecified atom stereocenters. The maximum Gasteiger partial charge on any atom is 0.309 e. The van der Waals surface area contributed by atoms with Crippen LogP contribution in [-0.4, -0.2) is 46.1 Å². The summed E-state index contributed by atoms with van der Waals surface area (Å²) in [5, 5.41) is 18.2. The summed E-state index contributed by atoms with van der Waals surface area (Å²) in [6.45, 7) is 21.5. The molecular weight excluding hydrogens is 360 g/mol. The summed E-state index contributed by atoms with van der Waals surface area (Å²) >= 11 is 0. The second-order valence-corrected chi connectivity index (χ2v) is 9.35. The highest BCUT2D eigenvalue weighted by Crippen LogP contribution is 2.20. The van der Waals surface area contributed by atoms with E-state index in [1.165, 1.54) is 0 Å². The highest BCUT2D eigenvalue weighted by Gasteiger charge is 2.29. The first kappa shape index (κ1) is 28.8. The van der Waals surface area contributed by atoms with E-state index in [4.69, 9.17) is 14.6 Å². The van der Waals surface area contributed by atoms with E-state index in [0.717, 1.165) is 0 Å². The third-order valence-electron chi connectivity index (χ3n) is 4.30. The number of allylic oxidation sites excluding steroid dienone is 1. The average molecular weight is 403 g/mol. The number of carbonyl (C=O) groups is 2. The van der Waals surface area contributed by atoms with Gasteiger partial charge >= 0.3 is 11.9 Å². The fourth-order valence-electron chi connectivity index (χ4n) is 1.92. The number of carbonyl (C=O) groups excluding carboxylic acids is 2. The molecule has 6 nitrogen and oxygen atoms in total. The van der Waals surface area contributed by atoms with Crippen LogP contribution in [0.3, 0.4) is 0 Å². The Morgan fingerprint density at radius 1 is 0.893 bits per heavy atom. The molecule has 6 heteroatoms. The molecule has 0 spiro atoms. The van der Waals surface area contributed by atoms with Crippen molar-refractivity contribution in [3.8, 4) is 0 Å². The van der Waals surface area contributed by atoms with Gasteiger partial charge < -0.3 is 19.7 Å². The van der Waals surface area contributed by atoms with Gasteiger partial charge in [-0.15, -0.1) is 6.58 Å². The molecule has 28 heavy (non-hydrogen) atoms. The van der Waals surface area contributed by atoms with Crippen LogP contribution in [0.4, 0.5) is 0 Å². The Balaban J connectivity index is 0. The van der Waals surface area contributed by atoms with Crippen molar-refractivity contribution in [3.05, 3.63) is 12.7 Å². The van der Waals surface area contributed by atoms with Crippen molar-refractivity contribution < 1.29 is 29.3 Å². The third kappa shape index (κ3) is 12.9. The monoisotopic (exact) mass is 402 g/mol. The molecule has 0 fully saturated rings. The minimum Gasteiger partial charge on any atom is -0.460 e. The van der Waals surface area contributed by atoms with Gasteiger partial charge in [-0.1, -0.05) is 33.8 Å². The minimum absolute atomic E-state index is 0.114. The number of aliphatic hydroxyl groups excluding tert-OH is 2. The maximum absolute atomic E-state index is 11.6. The number of rotatable bonds is 7. The molecule has 0 saturated heterocycles. The molecule has 0 saturated carbocycles. The molecule has 0 aliphatic heterocycles. The third-order valence-corrected chi connectivity index (χ3v) is 4.30. The molecule has 0 aromatic carbocycles. The molecule has 0 bridgehead atoms. The van der Waals surface area contributed by atoms with Gasteiger partial charge in [0.25, 0.3) is 0 Å². The van der Waals surface area contributed by atoms with Crippen LogP contribution in [-0.2, 0) is 19.1 Å². The second kappa shape index (κ2) is 12.2. The molecule has 0 heterocycles. The topological polar surface area (TPSA) is 93.1 Å². The lowest BCUT2D eigenvalue weighted by atomic mass is 9.91. The molecule has 5 atom stereocenters. The van der Waals surface area contributed by atoms with Gasteiger partial charge in [-0.3, -0.25) is 9.59 Å². The second-order valence-electron chi connectivity index (χ2n) is 9.35. The van der Waals surface area contributed by atoms with E-state index in [-0.39, 0.29) is 36.3 Å². The number of aliphatic hydroxyl groups is 2. The summed E-state index contributed by atoms with van der Waals surface area (Å²) in [7, 11) is 0. The zero-order valence-corrected chi connectivity index (χ0v) is 19.4. The lowest BCUT2D eigenvalue weighted by Gasteiger charge is -2.26. The van der Waals surface area contributed by atoms with Gasteiger partial charge in [0.05, 0.1) is 24.5 Å². The molecule has 0 aliphatic rings. The summed E-state index contributed by atoms with van der Waals surface area (Å²) < 4.78 is 10.4. The Morgan fingerprint density at radius 3 is 1.54 bits per heavy atom. The molecule has 0 rings (SSSR count). The summed E-state index contributed by atoms with van der Waals surface area (Å²) in [5.41, 5.74) is -0.915. The first-order valence-electron chi connectivity index (χ1n) is 9.84. The molecule has 0 aromatic heterocycles. The van der Waals surface area contributed by atoms with Crippen LogP contribution in [0.2, 0.25) is 0 Å². The van der Waals surface area contributed by atoms with Crippen LogP contribution in [0.25, 0.3) is 0 Å². The zero-order chi connectivity index (χ0) is 22.9. The molecule has 0 aliphatic carbocycles. The fourth-order valence-corrected chi connectivity index (χ4v) is 1.92. The van der Waals surface area contributed by atoms with E-state index < -0.39 is 23.2 Å². The van der Waals surface area contributed by atoms with E-state index in [1.54, 1.807) is 40.7 Å². The van der Waals surface area contributed by atoms with Crippen LogP contribution < -0.4 is 0 Å². The Kier molecular flexibility index (Phi) is 12.6. The molecular formula is C22H42O6. The fraction of sp³-hybridized carbons (Fsp3) is 0.818. The Hall–Kier alpha value is -1.40. The summed E-state index contributed by atoms with van der Waals surface area (Å²) in [6.07, 6.45) is 0.890. The van der Waals surface area contributed by atoms with Crippen molar-refractivity contribution in [3.63, 3.8) is 0 Å². The predicted octanol–water partition coefficient (Wildman–Crippen LogP) is 3.74. The van der Waals surface area contributed by atoms with E-state index in [2.05, 4.69) is 6.58 Å². The van der Waals surface area contributed by atoms with Crippen molar-refractivity contribution >= 4 is 11.9 Å². The molecule has 0 radical (unpaired) electrons. The zero-order valence-electron chi connectivity index (χ0n) is 19.4. The SMILES string of the molecule is C=C[C@H](C)[C@H](C)C(=O)OC(C)(C)C.C[C@H]([C@H](C)C(=O)OC(C)(C)C)[C@@H](O)CO. The van der Waals surface area contributed by atoms with Crippen LogP contribution in [0.5, 0.6) is 0 Å². The van der Waals surface area contributed by atoms with Gasteiger partial charge in [0.1, 0.15) is 11.2 Å². The van der Waals surface area contributed by atoms with Crippen LogP contribution >= 0.6 is 0 Å². The van der Waals surface area contributed by atoms with Gasteiger partial charge in [0.2, 0.25) is 0 Å². The van der Waals surface area contributed by atoms with Gasteiger partial charge in [0.15, 0.2) is 0 Å². The van der Waals surface area contributed by atoms with Crippen molar-refractivity contribution in [2.24, 2.45) is 23.7 Å². The normalized spacial score (nSPS) is 17.1. The predicted molar refractivity (Wildman–Crippen MR) is 112 cm³/mol. The largest absolute Gasteiger partial charge is 0.460 e. The number of hydrogen-bond donors (Lipinski definition) is 2. The highest BCUT2D eigenvalue weighted by atomic mass is 16.6. The Morgan fingerprint density at radius 2 is 1.25 bits per heavy atom. The van der Waals surface area contributed by atoms with Gasteiger partial charge in [-0.2, -0.15) is 0 Å². The first-order chi connectivity index (χ1) is 12.5. The minimum atomic E-state index is -0.882. The summed E-state index contributed by atoms with van der Waals surface area (Å²) in [5.74, 6) is -1.19. The lowest BCUT2D eigenvalue weighted by molar-refractivity contribution is -0.163. The van der Waals surface area contributed by atoms with Crippen LogP contribution in [0.1, 0.15) is 69.2 Å². The first-order valence-corrected chi connectivity index (χ1v) is 9.84.